The number of ether oxygens (including phenoxy) is 1. The van der Waals surface area contributed by atoms with Gasteiger partial charge in [0.15, 0.2) is 5.76 Å². The van der Waals surface area contributed by atoms with Gasteiger partial charge in [-0.1, -0.05) is 5.16 Å². The van der Waals surface area contributed by atoms with E-state index >= 15 is 0 Å². The molecule has 0 radical (unpaired) electrons. The molecule has 0 bridgehead atoms. The summed E-state index contributed by atoms with van der Waals surface area (Å²) in [5.41, 5.74) is 0.817. The van der Waals surface area contributed by atoms with Crippen LogP contribution in [0.4, 0.5) is 0 Å². The number of rotatable bonds is 7. The number of hydrogen-bond acceptors (Lipinski definition) is 6. The standard InChI is InChI=1S/C9H15NO4S/c1-13-4-9-2-7(10-14-9)5-15-6-8(12)3-11/h2,8,11-12H,3-6H2,1H3. The lowest BCUT2D eigenvalue weighted by Gasteiger charge is -2.04. The molecule has 0 aromatic carbocycles. The summed E-state index contributed by atoms with van der Waals surface area (Å²) in [6.07, 6.45) is -0.666. The molecule has 5 nitrogen and oxygen atoms in total. The van der Waals surface area contributed by atoms with Crippen molar-refractivity contribution in [3.8, 4) is 0 Å². The summed E-state index contributed by atoms with van der Waals surface area (Å²) in [6, 6.07) is 1.82. The van der Waals surface area contributed by atoms with Crippen LogP contribution in [-0.2, 0) is 17.1 Å². The zero-order valence-corrected chi connectivity index (χ0v) is 9.37. The molecule has 0 fully saturated rings. The molecule has 0 amide bonds. The van der Waals surface area contributed by atoms with E-state index in [1.165, 1.54) is 11.8 Å². The number of nitrogens with zero attached hydrogens (tertiary/aromatic N) is 1. The highest BCUT2D eigenvalue weighted by Crippen LogP contribution is 2.13. The molecule has 6 heteroatoms. The van der Waals surface area contributed by atoms with E-state index in [2.05, 4.69) is 5.16 Å². The van der Waals surface area contributed by atoms with Gasteiger partial charge in [0.05, 0.1) is 18.4 Å². The Morgan fingerprint density at radius 3 is 3.13 bits per heavy atom. The molecule has 1 aromatic heterocycles. The second kappa shape index (κ2) is 6.84. The van der Waals surface area contributed by atoms with Crippen molar-refractivity contribution in [2.24, 2.45) is 0 Å². The summed E-state index contributed by atoms with van der Waals surface area (Å²) in [5.74, 6) is 1.84. The molecule has 1 aromatic rings. The smallest absolute Gasteiger partial charge is 0.162 e. The monoisotopic (exact) mass is 233 g/mol. The highest BCUT2D eigenvalue weighted by Gasteiger charge is 2.06. The predicted molar refractivity (Wildman–Crippen MR) is 56.5 cm³/mol. The number of thioether (sulfide) groups is 1. The van der Waals surface area contributed by atoms with Crippen LogP contribution in [0.25, 0.3) is 0 Å². The number of aliphatic hydroxyl groups is 2. The van der Waals surface area contributed by atoms with Gasteiger partial charge >= 0.3 is 0 Å². The fourth-order valence-corrected chi connectivity index (χ4v) is 1.83. The lowest BCUT2D eigenvalue weighted by Crippen LogP contribution is -2.14. The van der Waals surface area contributed by atoms with Gasteiger partial charge in [0.25, 0.3) is 0 Å². The van der Waals surface area contributed by atoms with Gasteiger partial charge in [-0.15, -0.1) is 0 Å². The van der Waals surface area contributed by atoms with Crippen molar-refractivity contribution in [2.45, 2.75) is 18.5 Å². The van der Waals surface area contributed by atoms with Crippen molar-refractivity contribution in [3.05, 3.63) is 17.5 Å². The minimum atomic E-state index is -0.666. The van der Waals surface area contributed by atoms with E-state index in [0.717, 1.165) is 5.69 Å². The van der Waals surface area contributed by atoms with Crippen LogP contribution in [-0.4, -0.2) is 40.9 Å². The Morgan fingerprint density at radius 2 is 2.47 bits per heavy atom. The van der Waals surface area contributed by atoms with Crippen LogP contribution < -0.4 is 0 Å². The molecule has 15 heavy (non-hydrogen) atoms. The first-order chi connectivity index (χ1) is 7.26. The Morgan fingerprint density at radius 1 is 1.67 bits per heavy atom. The Hall–Kier alpha value is -0.560. The van der Waals surface area contributed by atoms with E-state index in [0.29, 0.717) is 23.9 Å². The molecule has 2 N–H and O–H groups in total. The minimum Gasteiger partial charge on any atom is -0.394 e. The van der Waals surface area contributed by atoms with Crippen LogP contribution in [0.2, 0.25) is 0 Å². The Balaban J connectivity index is 2.25. The first-order valence-corrected chi connectivity index (χ1v) is 5.71. The van der Waals surface area contributed by atoms with Crippen molar-refractivity contribution in [3.63, 3.8) is 0 Å². The van der Waals surface area contributed by atoms with Crippen LogP contribution in [0.3, 0.4) is 0 Å². The van der Waals surface area contributed by atoms with Gasteiger partial charge < -0.3 is 19.5 Å². The van der Waals surface area contributed by atoms with Crippen molar-refractivity contribution < 1.29 is 19.5 Å². The number of aliphatic hydroxyl groups excluding tert-OH is 2. The summed E-state index contributed by atoms with van der Waals surface area (Å²) in [4.78, 5) is 0. The Kier molecular flexibility index (Phi) is 5.70. The molecule has 0 saturated carbocycles. The molecule has 0 aliphatic carbocycles. The highest BCUT2D eigenvalue weighted by atomic mass is 32.2. The van der Waals surface area contributed by atoms with Crippen molar-refractivity contribution in [1.82, 2.24) is 5.16 Å². The van der Waals surface area contributed by atoms with Crippen molar-refractivity contribution in [1.29, 1.82) is 0 Å². The van der Waals surface area contributed by atoms with E-state index in [4.69, 9.17) is 19.5 Å². The maximum absolute atomic E-state index is 9.09. The molecule has 86 valence electrons. The highest BCUT2D eigenvalue weighted by molar-refractivity contribution is 7.98. The predicted octanol–water partition coefficient (Wildman–Crippen LogP) is 0.407. The SMILES string of the molecule is COCc1cc(CSCC(O)CO)no1. The molecule has 1 rings (SSSR count). The van der Waals surface area contributed by atoms with Crippen LogP contribution in [0.1, 0.15) is 11.5 Å². The minimum absolute atomic E-state index is 0.208. The van der Waals surface area contributed by atoms with Crippen molar-refractivity contribution in [2.75, 3.05) is 19.5 Å². The molecular formula is C9H15NO4S. The molecule has 0 spiro atoms. The number of hydrogen-bond donors (Lipinski definition) is 2. The second-order valence-electron chi connectivity index (χ2n) is 3.07. The third kappa shape index (κ3) is 4.65. The molecular weight excluding hydrogens is 218 g/mol. The molecule has 0 saturated heterocycles. The van der Waals surface area contributed by atoms with Gasteiger partial charge in [0.2, 0.25) is 0 Å². The molecule has 0 aliphatic heterocycles. The van der Waals surface area contributed by atoms with Crippen LogP contribution in [0.15, 0.2) is 10.6 Å². The van der Waals surface area contributed by atoms with Crippen LogP contribution in [0.5, 0.6) is 0 Å². The van der Waals surface area contributed by atoms with Crippen LogP contribution in [0, 0.1) is 0 Å². The largest absolute Gasteiger partial charge is 0.394 e. The number of aromatic nitrogens is 1. The number of methoxy groups -OCH3 is 1. The topological polar surface area (TPSA) is 75.7 Å². The quantitative estimate of drug-likeness (QED) is 0.710. The van der Waals surface area contributed by atoms with Crippen LogP contribution >= 0.6 is 11.8 Å². The van der Waals surface area contributed by atoms with Gasteiger partial charge in [-0.25, -0.2) is 0 Å². The molecule has 1 unspecified atom stereocenters. The van der Waals surface area contributed by atoms with E-state index in [1.807, 2.05) is 6.07 Å². The summed E-state index contributed by atoms with van der Waals surface area (Å²) in [6.45, 7) is 0.206. The van der Waals surface area contributed by atoms with Crippen molar-refractivity contribution >= 4 is 11.8 Å². The molecule has 1 heterocycles. The van der Waals surface area contributed by atoms with Gasteiger partial charge in [-0.3, -0.25) is 0 Å². The van der Waals surface area contributed by atoms with Gasteiger partial charge in [-0.2, -0.15) is 11.8 Å². The summed E-state index contributed by atoms with van der Waals surface area (Å²) >= 11 is 1.50. The van der Waals surface area contributed by atoms with Gasteiger partial charge in [-0.05, 0) is 0 Å². The van der Waals surface area contributed by atoms with Gasteiger partial charge in [0, 0.05) is 24.7 Å². The van der Waals surface area contributed by atoms with E-state index in [9.17, 15) is 0 Å². The lowest BCUT2D eigenvalue weighted by molar-refractivity contribution is 0.113. The Bertz CT molecular complexity index is 279. The third-order valence-corrected chi connectivity index (χ3v) is 2.79. The first kappa shape index (κ1) is 12.5. The van der Waals surface area contributed by atoms with E-state index in [-0.39, 0.29) is 6.61 Å². The maximum atomic E-state index is 9.09. The normalized spacial score (nSPS) is 13.0. The van der Waals surface area contributed by atoms with E-state index in [1.54, 1.807) is 7.11 Å². The lowest BCUT2D eigenvalue weighted by atomic mass is 10.4. The maximum Gasteiger partial charge on any atom is 0.162 e. The third-order valence-electron chi connectivity index (χ3n) is 1.67. The van der Waals surface area contributed by atoms with E-state index < -0.39 is 6.10 Å². The summed E-state index contributed by atoms with van der Waals surface area (Å²) in [5, 5.41) is 21.5. The molecule has 0 aliphatic rings. The zero-order chi connectivity index (χ0) is 11.1. The fraction of sp³-hybridized carbons (Fsp3) is 0.667. The van der Waals surface area contributed by atoms with Gasteiger partial charge in [0.1, 0.15) is 6.61 Å². The summed E-state index contributed by atoms with van der Waals surface area (Å²) < 4.78 is 9.88. The average molecular weight is 233 g/mol. The summed E-state index contributed by atoms with van der Waals surface area (Å²) in [7, 11) is 1.59. The second-order valence-corrected chi connectivity index (χ2v) is 4.10. The zero-order valence-electron chi connectivity index (χ0n) is 8.55. The fourth-order valence-electron chi connectivity index (χ4n) is 0.986. The average Bonchev–Trinajstić information content (AvgIpc) is 2.66. The Labute approximate surface area is 92.4 Å². The first-order valence-electron chi connectivity index (χ1n) is 4.56. The molecule has 1 atom stereocenters.